The minimum atomic E-state index is -4.60. The Morgan fingerprint density at radius 1 is 1.20 bits per heavy atom. The van der Waals surface area contributed by atoms with Crippen LogP contribution in [0.1, 0.15) is 19.4 Å². The maximum absolute atomic E-state index is 12.7. The van der Waals surface area contributed by atoms with E-state index in [9.17, 15) is 17.6 Å². The minimum Gasteiger partial charge on any atom is -0.490 e. The van der Waals surface area contributed by atoms with Crippen LogP contribution in [0.25, 0.3) is 0 Å². The summed E-state index contributed by atoms with van der Waals surface area (Å²) in [6.45, 7) is 3.20. The summed E-state index contributed by atoms with van der Waals surface area (Å²) in [7, 11) is 0. The zero-order valence-electron chi connectivity index (χ0n) is 8.23. The van der Waals surface area contributed by atoms with Crippen LogP contribution in [-0.2, 0) is 6.18 Å². The topological polar surface area (TPSA) is 9.23 Å². The molecule has 1 aromatic carbocycles. The van der Waals surface area contributed by atoms with Gasteiger partial charge in [-0.1, -0.05) is 0 Å². The molecule has 0 aliphatic heterocycles. The Hall–Kier alpha value is -1.26. The molecule has 0 saturated carbocycles. The number of rotatable bonds is 2. The van der Waals surface area contributed by atoms with Crippen molar-refractivity contribution in [1.82, 2.24) is 0 Å². The fraction of sp³-hybridized carbons (Fsp3) is 0.400. The van der Waals surface area contributed by atoms with Crippen LogP contribution in [0.15, 0.2) is 18.2 Å². The van der Waals surface area contributed by atoms with Gasteiger partial charge in [0.1, 0.15) is 17.1 Å². The van der Waals surface area contributed by atoms with Gasteiger partial charge in [-0.05, 0) is 32.0 Å². The van der Waals surface area contributed by atoms with Crippen LogP contribution in [0.5, 0.6) is 5.75 Å². The summed E-state index contributed by atoms with van der Waals surface area (Å²) in [6.07, 6.45) is -5.00. The van der Waals surface area contributed by atoms with E-state index in [0.717, 1.165) is 12.1 Å². The number of hydrogen-bond acceptors (Lipinski definition) is 1. The van der Waals surface area contributed by atoms with Crippen LogP contribution in [0.2, 0.25) is 0 Å². The van der Waals surface area contributed by atoms with Crippen molar-refractivity contribution < 1.29 is 22.3 Å². The molecule has 0 amide bonds. The summed E-state index contributed by atoms with van der Waals surface area (Å²) in [5, 5.41) is 0. The van der Waals surface area contributed by atoms with Crippen molar-refractivity contribution in [3.8, 4) is 5.75 Å². The van der Waals surface area contributed by atoms with E-state index in [4.69, 9.17) is 4.74 Å². The smallest absolute Gasteiger partial charge is 0.420 e. The number of alkyl halides is 3. The molecule has 0 atom stereocenters. The Labute approximate surface area is 84.7 Å². The van der Waals surface area contributed by atoms with Crippen molar-refractivity contribution in [2.75, 3.05) is 0 Å². The summed E-state index contributed by atoms with van der Waals surface area (Å²) in [6, 6.07) is 2.35. The molecule has 0 heterocycles. The summed E-state index contributed by atoms with van der Waals surface area (Å²) in [5.74, 6) is -1.28. The lowest BCUT2D eigenvalue weighted by Gasteiger charge is -2.15. The quantitative estimate of drug-likeness (QED) is 0.694. The van der Waals surface area contributed by atoms with Gasteiger partial charge in [-0.2, -0.15) is 13.2 Å². The van der Waals surface area contributed by atoms with Crippen molar-refractivity contribution in [1.29, 1.82) is 0 Å². The van der Waals surface area contributed by atoms with Gasteiger partial charge < -0.3 is 4.74 Å². The van der Waals surface area contributed by atoms with Gasteiger partial charge in [0.15, 0.2) is 0 Å². The van der Waals surface area contributed by atoms with Crippen LogP contribution < -0.4 is 4.74 Å². The lowest BCUT2D eigenvalue weighted by molar-refractivity contribution is -0.139. The van der Waals surface area contributed by atoms with Crippen molar-refractivity contribution in [3.63, 3.8) is 0 Å². The Morgan fingerprint density at radius 3 is 2.27 bits per heavy atom. The minimum absolute atomic E-state index is 0.348. The third-order valence-electron chi connectivity index (χ3n) is 1.61. The lowest BCUT2D eigenvalue weighted by Crippen LogP contribution is -2.13. The summed E-state index contributed by atoms with van der Waals surface area (Å²) in [5.41, 5.74) is -1.09. The van der Waals surface area contributed by atoms with Gasteiger partial charge in [0.05, 0.1) is 6.10 Å². The van der Waals surface area contributed by atoms with Gasteiger partial charge in [-0.25, -0.2) is 4.39 Å². The lowest BCUT2D eigenvalue weighted by atomic mass is 10.2. The second kappa shape index (κ2) is 4.08. The molecule has 0 unspecified atom stereocenters. The van der Waals surface area contributed by atoms with Gasteiger partial charge in [0.2, 0.25) is 0 Å². The SMILES string of the molecule is CC(C)Oc1ccc(F)cc1C(F)(F)F. The molecular weight excluding hydrogens is 212 g/mol. The first-order valence-electron chi connectivity index (χ1n) is 4.34. The highest BCUT2D eigenvalue weighted by atomic mass is 19.4. The number of benzene rings is 1. The molecular formula is C10H10F4O. The maximum atomic E-state index is 12.7. The average Bonchev–Trinajstić information content (AvgIpc) is 2.05. The standard InChI is InChI=1S/C10H10F4O/c1-6(2)15-9-4-3-7(11)5-8(9)10(12,13)14/h3-6H,1-2H3. The van der Waals surface area contributed by atoms with Gasteiger partial charge in [-0.15, -0.1) is 0 Å². The Balaban J connectivity index is 3.15. The third kappa shape index (κ3) is 3.11. The van der Waals surface area contributed by atoms with Crippen molar-refractivity contribution in [2.45, 2.75) is 26.1 Å². The molecule has 84 valence electrons. The van der Waals surface area contributed by atoms with Crippen LogP contribution in [0.4, 0.5) is 17.6 Å². The van der Waals surface area contributed by atoms with E-state index in [1.54, 1.807) is 13.8 Å². The molecule has 0 N–H and O–H groups in total. The first-order chi connectivity index (χ1) is 6.80. The average molecular weight is 222 g/mol. The molecule has 0 saturated heterocycles. The summed E-state index contributed by atoms with van der Waals surface area (Å²) >= 11 is 0. The van der Waals surface area contributed by atoms with Gasteiger partial charge >= 0.3 is 6.18 Å². The molecule has 5 heteroatoms. The zero-order valence-corrected chi connectivity index (χ0v) is 8.23. The van der Waals surface area contributed by atoms with E-state index >= 15 is 0 Å². The predicted octanol–water partition coefficient (Wildman–Crippen LogP) is 3.63. The molecule has 0 spiro atoms. The van der Waals surface area contributed by atoms with Crippen LogP contribution >= 0.6 is 0 Å². The van der Waals surface area contributed by atoms with Crippen LogP contribution in [0, 0.1) is 5.82 Å². The van der Waals surface area contributed by atoms with E-state index in [2.05, 4.69) is 0 Å². The molecule has 15 heavy (non-hydrogen) atoms. The van der Waals surface area contributed by atoms with Gasteiger partial charge in [0.25, 0.3) is 0 Å². The highest BCUT2D eigenvalue weighted by Crippen LogP contribution is 2.36. The summed E-state index contributed by atoms with van der Waals surface area (Å²) in [4.78, 5) is 0. The fourth-order valence-electron chi connectivity index (χ4n) is 1.08. The van der Waals surface area contributed by atoms with Crippen molar-refractivity contribution in [3.05, 3.63) is 29.6 Å². The number of halogens is 4. The van der Waals surface area contributed by atoms with Gasteiger partial charge in [-0.3, -0.25) is 0 Å². The van der Waals surface area contributed by atoms with Crippen LogP contribution in [0.3, 0.4) is 0 Å². The van der Waals surface area contributed by atoms with E-state index in [1.807, 2.05) is 0 Å². The van der Waals surface area contributed by atoms with E-state index < -0.39 is 23.7 Å². The normalized spacial score (nSPS) is 11.9. The molecule has 0 bridgehead atoms. The molecule has 0 radical (unpaired) electrons. The first-order valence-corrected chi connectivity index (χ1v) is 4.34. The summed E-state index contributed by atoms with van der Waals surface area (Å²) < 4.78 is 54.9. The number of ether oxygens (including phenoxy) is 1. The molecule has 1 nitrogen and oxygen atoms in total. The molecule has 1 aromatic rings. The number of hydrogen-bond donors (Lipinski definition) is 0. The largest absolute Gasteiger partial charge is 0.490 e. The second-order valence-corrected chi connectivity index (χ2v) is 3.30. The monoisotopic (exact) mass is 222 g/mol. The van der Waals surface area contributed by atoms with Crippen molar-refractivity contribution in [2.24, 2.45) is 0 Å². The molecule has 0 aliphatic rings. The van der Waals surface area contributed by atoms with E-state index in [0.29, 0.717) is 6.07 Å². The molecule has 0 aliphatic carbocycles. The fourth-order valence-corrected chi connectivity index (χ4v) is 1.08. The maximum Gasteiger partial charge on any atom is 0.420 e. The van der Waals surface area contributed by atoms with Gasteiger partial charge in [0, 0.05) is 0 Å². The van der Waals surface area contributed by atoms with Crippen molar-refractivity contribution >= 4 is 0 Å². The predicted molar refractivity (Wildman–Crippen MR) is 47.2 cm³/mol. The Kier molecular flexibility index (Phi) is 3.21. The molecule has 0 aromatic heterocycles. The Bertz CT molecular complexity index is 344. The molecule has 1 rings (SSSR count). The zero-order chi connectivity index (χ0) is 11.6. The highest BCUT2D eigenvalue weighted by Gasteiger charge is 2.35. The first kappa shape index (κ1) is 11.8. The third-order valence-corrected chi connectivity index (χ3v) is 1.61. The highest BCUT2D eigenvalue weighted by molar-refractivity contribution is 5.36. The van der Waals surface area contributed by atoms with E-state index in [1.165, 1.54) is 0 Å². The molecule has 0 fully saturated rings. The van der Waals surface area contributed by atoms with E-state index in [-0.39, 0.29) is 5.75 Å². The van der Waals surface area contributed by atoms with Crippen LogP contribution in [-0.4, -0.2) is 6.10 Å². The Morgan fingerprint density at radius 2 is 1.80 bits per heavy atom. The second-order valence-electron chi connectivity index (χ2n) is 3.30.